The number of hydrogen-bond acceptors (Lipinski definition) is 2. The summed E-state index contributed by atoms with van der Waals surface area (Å²) in [6.45, 7) is 1.67. The van der Waals surface area contributed by atoms with Crippen LogP contribution >= 0.6 is 11.6 Å². The molecule has 0 aromatic carbocycles. The van der Waals surface area contributed by atoms with Crippen LogP contribution in [0.4, 0.5) is 0 Å². The van der Waals surface area contributed by atoms with E-state index in [-0.39, 0.29) is 12.0 Å². The summed E-state index contributed by atoms with van der Waals surface area (Å²) in [5.74, 6) is 0.825. The largest absolute Gasteiger partial charge is 0.378 e. The Morgan fingerprint density at radius 2 is 2.25 bits per heavy atom. The molecule has 3 nitrogen and oxygen atoms in total. The highest BCUT2D eigenvalue weighted by molar-refractivity contribution is 6.21. The number of ether oxygens (including phenoxy) is 1. The zero-order valence-electron chi connectivity index (χ0n) is 9.82. The van der Waals surface area contributed by atoms with Crippen LogP contribution in [0.25, 0.3) is 0 Å². The minimum atomic E-state index is 0.164. The van der Waals surface area contributed by atoms with E-state index in [0.717, 1.165) is 38.8 Å². The van der Waals surface area contributed by atoms with Gasteiger partial charge in [-0.2, -0.15) is 0 Å². The molecular weight excluding hydrogens is 226 g/mol. The van der Waals surface area contributed by atoms with Gasteiger partial charge in [0.2, 0.25) is 5.91 Å². The lowest BCUT2D eigenvalue weighted by Gasteiger charge is -2.34. The van der Waals surface area contributed by atoms with E-state index in [1.54, 1.807) is 0 Å². The molecule has 1 amide bonds. The van der Waals surface area contributed by atoms with Crippen molar-refractivity contribution in [2.24, 2.45) is 5.92 Å². The summed E-state index contributed by atoms with van der Waals surface area (Å²) in [4.78, 5) is 13.7. The number of nitrogens with zero attached hydrogens (tertiary/aromatic N) is 1. The first kappa shape index (κ1) is 12.2. The fourth-order valence-electron chi connectivity index (χ4n) is 2.45. The number of amides is 1. The van der Waals surface area contributed by atoms with Crippen molar-refractivity contribution >= 4 is 17.5 Å². The first-order valence-electron chi connectivity index (χ1n) is 6.15. The van der Waals surface area contributed by atoms with Crippen LogP contribution in [0.3, 0.4) is 0 Å². The van der Waals surface area contributed by atoms with E-state index in [0.29, 0.717) is 17.7 Å². The number of hydrogen-bond donors (Lipinski definition) is 0. The SMILES string of the molecule is CN(CC1CC(Cl)C1)C(=O)CC1CCCO1. The summed E-state index contributed by atoms with van der Waals surface area (Å²) >= 11 is 5.92. The second-order valence-corrected chi connectivity index (χ2v) is 5.67. The van der Waals surface area contributed by atoms with Crippen LogP contribution in [0.5, 0.6) is 0 Å². The first-order chi connectivity index (χ1) is 7.65. The molecule has 1 aliphatic carbocycles. The Morgan fingerprint density at radius 1 is 1.50 bits per heavy atom. The molecule has 0 spiro atoms. The standard InChI is InChI=1S/C12H20ClNO2/c1-14(8-9-5-10(13)6-9)12(15)7-11-3-2-4-16-11/h9-11H,2-8H2,1H3. The van der Waals surface area contributed by atoms with E-state index in [2.05, 4.69) is 0 Å². The van der Waals surface area contributed by atoms with E-state index in [9.17, 15) is 4.79 Å². The second kappa shape index (κ2) is 5.37. The maximum Gasteiger partial charge on any atom is 0.224 e. The molecule has 4 heteroatoms. The predicted molar refractivity (Wildman–Crippen MR) is 63.6 cm³/mol. The van der Waals surface area contributed by atoms with Gasteiger partial charge in [-0.3, -0.25) is 4.79 Å². The smallest absolute Gasteiger partial charge is 0.224 e. The molecule has 0 aromatic heterocycles. The second-order valence-electron chi connectivity index (χ2n) is 5.05. The molecule has 1 saturated carbocycles. The van der Waals surface area contributed by atoms with Crippen molar-refractivity contribution in [1.29, 1.82) is 0 Å². The fraction of sp³-hybridized carbons (Fsp3) is 0.917. The molecule has 16 heavy (non-hydrogen) atoms. The van der Waals surface area contributed by atoms with Gasteiger partial charge in [0.05, 0.1) is 12.5 Å². The first-order valence-corrected chi connectivity index (χ1v) is 6.58. The van der Waals surface area contributed by atoms with Crippen LogP contribution < -0.4 is 0 Å². The predicted octanol–water partition coefficient (Wildman–Crippen LogP) is 2.03. The van der Waals surface area contributed by atoms with Crippen molar-refractivity contribution in [3.8, 4) is 0 Å². The molecule has 1 saturated heterocycles. The highest BCUT2D eigenvalue weighted by atomic mass is 35.5. The van der Waals surface area contributed by atoms with Gasteiger partial charge in [0.25, 0.3) is 0 Å². The molecule has 92 valence electrons. The molecule has 2 fully saturated rings. The summed E-state index contributed by atoms with van der Waals surface area (Å²) in [6, 6.07) is 0. The van der Waals surface area contributed by atoms with Crippen LogP contribution in [-0.4, -0.2) is 42.5 Å². The van der Waals surface area contributed by atoms with Crippen molar-refractivity contribution in [2.45, 2.75) is 43.6 Å². The summed E-state index contributed by atoms with van der Waals surface area (Å²) in [6.07, 6.45) is 4.95. The van der Waals surface area contributed by atoms with E-state index >= 15 is 0 Å². The van der Waals surface area contributed by atoms with Crippen molar-refractivity contribution in [3.63, 3.8) is 0 Å². The number of rotatable bonds is 4. The zero-order chi connectivity index (χ0) is 11.5. The summed E-state index contributed by atoms with van der Waals surface area (Å²) in [7, 11) is 1.89. The lowest BCUT2D eigenvalue weighted by molar-refractivity contribution is -0.133. The lowest BCUT2D eigenvalue weighted by Crippen LogP contribution is -2.38. The molecule has 2 rings (SSSR count). The maximum atomic E-state index is 11.9. The van der Waals surface area contributed by atoms with Gasteiger partial charge in [-0.15, -0.1) is 11.6 Å². The fourth-order valence-corrected chi connectivity index (χ4v) is 2.95. The van der Waals surface area contributed by atoms with Crippen molar-refractivity contribution in [1.82, 2.24) is 4.90 Å². The maximum absolute atomic E-state index is 11.9. The Labute approximate surface area is 102 Å². The third-order valence-corrected chi connectivity index (χ3v) is 3.92. The Bertz CT molecular complexity index is 247. The molecule has 0 bridgehead atoms. The molecule has 1 aliphatic heterocycles. The van der Waals surface area contributed by atoms with Crippen LogP contribution in [0.1, 0.15) is 32.1 Å². The molecule has 0 radical (unpaired) electrons. The Hall–Kier alpha value is -0.280. The van der Waals surface area contributed by atoms with Gasteiger partial charge in [-0.25, -0.2) is 0 Å². The summed E-state index contributed by atoms with van der Waals surface area (Å²) in [5.41, 5.74) is 0. The quantitative estimate of drug-likeness (QED) is 0.710. The van der Waals surface area contributed by atoms with E-state index in [1.165, 1.54) is 0 Å². The highest BCUT2D eigenvalue weighted by Crippen LogP contribution is 2.32. The molecule has 2 aliphatic rings. The average Bonchev–Trinajstić information content (AvgIpc) is 2.68. The third-order valence-electron chi connectivity index (χ3n) is 3.56. The average molecular weight is 246 g/mol. The van der Waals surface area contributed by atoms with Crippen molar-refractivity contribution in [3.05, 3.63) is 0 Å². The summed E-state index contributed by atoms with van der Waals surface area (Å²) < 4.78 is 5.47. The van der Waals surface area contributed by atoms with E-state index in [1.807, 2.05) is 11.9 Å². The Balaban J connectivity index is 1.67. The van der Waals surface area contributed by atoms with E-state index < -0.39 is 0 Å². The number of carbonyl (C=O) groups excluding carboxylic acids is 1. The van der Waals surface area contributed by atoms with Gasteiger partial charge in [0, 0.05) is 25.6 Å². The van der Waals surface area contributed by atoms with Crippen LogP contribution in [0, 0.1) is 5.92 Å². The molecule has 0 aromatic rings. The summed E-state index contributed by atoms with van der Waals surface area (Å²) in [5, 5.41) is 0.340. The molecule has 0 N–H and O–H groups in total. The van der Waals surface area contributed by atoms with Crippen molar-refractivity contribution < 1.29 is 9.53 Å². The molecule has 1 unspecified atom stereocenters. The van der Waals surface area contributed by atoms with Crippen LogP contribution in [-0.2, 0) is 9.53 Å². The van der Waals surface area contributed by atoms with Crippen LogP contribution in [0.15, 0.2) is 0 Å². The lowest BCUT2D eigenvalue weighted by atomic mass is 9.84. The molecule has 1 atom stereocenters. The minimum absolute atomic E-state index is 0.164. The van der Waals surface area contributed by atoms with Crippen LogP contribution in [0.2, 0.25) is 0 Å². The van der Waals surface area contributed by atoms with Gasteiger partial charge in [0.15, 0.2) is 0 Å². The van der Waals surface area contributed by atoms with Gasteiger partial charge in [-0.05, 0) is 31.6 Å². The minimum Gasteiger partial charge on any atom is -0.378 e. The third kappa shape index (κ3) is 3.11. The van der Waals surface area contributed by atoms with Gasteiger partial charge in [-0.1, -0.05) is 0 Å². The number of alkyl halides is 1. The Morgan fingerprint density at radius 3 is 2.81 bits per heavy atom. The topological polar surface area (TPSA) is 29.5 Å². The highest BCUT2D eigenvalue weighted by Gasteiger charge is 2.29. The van der Waals surface area contributed by atoms with Gasteiger partial charge in [0.1, 0.15) is 0 Å². The molecular formula is C12H20ClNO2. The zero-order valence-corrected chi connectivity index (χ0v) is 10.6. The van der Waals surface area contributed by atoms with Gasteiger partial charge < -0.3 is 9.64 Å². The van der Waals surface area contributed by atoms with E-state index in [4.69, 9.17) is 16.3 Å². The van der Waals surface area contributed by atoms with Gasteiger partial charge >= 0.3 is 0 Å². The monoisotopic (exact) mass is 245 g/mol. The normalized spacial score (nSPS) is 33.5. The number of carbonyl (C=O) groups is 1. The Kier molecular flexibility index (Phi) is 4.09. The number of halogens is 1. The van der Waals surface area contributed by atoms with Crippen molar-refractivity contribution in [2.75, 3.05) is 20.2 Å². The molecule has 1 heterocycles.